The van der Waals surface area contributed by atoms with E-state index in [1.54, 1.807) is 0 Å². The summed E-state index contributed by atoms with van der Waals surface area (Å²) in [5, 5.41) is 0.396. The van der Waals surface area contributed by atoms with Gasteiger partial charge in [0.15, 0.2) is 0 Å². The van der Waals surface area contributed by atoms with Gasteiger partial charge in [0.25, 0.3) is 0 Å². The van der Waals surface area contributed by atoms with E-state index in [0.717, 1.165) is 6.07 Å². The van der Waals surface area contributed by atoms with Crippen LogP contribution in [0.1, 0.15) is 0 Å². The summed E-state index contributed by atoms with van der Waals surface area (Å²) in [6.45, 7) is -5.33. The summed E-state index contributed by atoms with van der Waals surface area (Å²) < 4.78 is 52.4. The maximum absolute atomic E-state index is 13.2. The van der Waals surface area contributed by atoms with Crippen LogP contribution in [0.4, 0.5) is 17.3 Å². The molecule has 0 unspecified atom stereocenters. The molecule has 0 spiro atoms. The molecule has 80 valence electrons. The molecule has 0 atom stereocenters. The third-order valence-electron chi connectivity index (χ3n) is 2.35. The Morgan fingerprint density at radius 1 is 1.12 bits per heavy atom. The SMILES string of the molecule is Cn1ccc2ccc(F)c([B-](F)(F)F)c21.[K+]. The van der Waals surface area contributed by atoms with E-state index in [-0.39, 0.29) is 56.9 Å². The van der Waals surface area contributed by atoms with E-state index < -0.39 is 18.3 Å². The van der Waals surface area contributed by atoms with Gasteiger partial charge in [0.1, 0.15) is 0 Å². The van der Waals surface area contributed by atoms with Gasteiger partial charge in [-0.1, -0.05) is 6.07 Å². The summed E-state index contributed by atoms with van der Waals surface area (Å²) in [6, 6.07) is 3.73. The molecular formula is C9H7BF4KN. The van der Waals surface area contributed by atoms with Gasteiger partial charge in [-0.15, -0.1) is 0 Å². The Hall–Kier alpha value is 0.181. The largest absolute Gasteiger partial charge is 1.00 e. The smallest absolute Gasteiger partial charge is 0.445 e. The summed E-state index contributed by atoms with van der Waals surface area (Å²) in [4.78, 5) is 0. The maximum Gasteiger partial charge on any atom is 1.00 e. The minimum atomic E-state index is -5.33. The first-order valence-corrected chi connectivity index (χ1v) is 4.34. The van der Waals surface area contributed by atoms with Crippen molar-refractivity contribution in [3.63, 3.8) is 0 Å². The van der Waals surface area contributed by atoms with Crippen LogP contribution in [-0.4, -0.2) is 11.5 Å². The van der Waals surface area contributed by atoms with E-state index in [0.29, 0.717) is 5.39 Å². The van der Waals surface area contributed by atoms with E-state index in [1.165, 1.54) is 29.9 Å². The molecule has 16 heavy (non-hydrogen) atoms. The van der Waals surface area contributed by atoms with Crippen LogP contribution >= 0.6 is 0 Å². The second-order valence-electron chi connectivity index (χ2n) is 3.40. The van der Waals surface area contributed by atoms with Gasteiger partial charge in [0, 0.05) is 18.8 Å². The molecule has 0 aliphatic carbocycles. The molecule has 0 amide bonds. The van der Waals surface area contributed by atoms with Crippen molar-refractivity contribution in [3.05, 3.63) is 30.2 Å². The van der Waals surface area contributed by atoms with E-state index in [4.69, 9.17) is 0 Å². The number of benzene rings is 1. The molecule has 2 aromatic rings. The average molecular weight is 255 g/mol. The number of nitrogens with zero attached hydrogens (tertiary/aromatic N) is 1. The molecule has 0 N–H and O–H groups in total. The minimum Gasteiger partial charge on any atom is -0.445 e. The first-order chi connectivity index (χ1) is 6.91. The zero-order valence-corrected chi connectivity index (χ0v) is 12.0. The Morgan fingerprint density at radius 2 is 1.75 bits per heavy atom. The number of fused-ring (bicyclic) bond motifs is 1. The molecule has 0 saturated heterocycles. The zero-order valence-electron chi connectivity index (χ0n) is 8.85. The van der Waals surface area contributed by atoms with Crippen molar-refractivity contribution >= 4 is 23.3 Å². The summed E-state index contributed by atoms with van der Waals surface area (Å²) in [5.41, 5.74) is -1.23. The van der Waals surface area contributed by atoms with E-state index in [1.807, 2.05) is 0 Å². The Balaban J connectivity index is 0.00000128. The van der Waals surface area contributed by atoms with Crippen LogP contribution < -0.4 is 56.8 Å². The number of hydrogen-bond donors (Lipinski definition) is 0. The van der Waals surface area contributed by atoms with Crippen molar-refractivity contribution < 1.29 is 68.7 Å². The Kier molecular flexibility index (Phi) is 4.29. The van der Waals surface area contributed by atoms with Crippen LogP contribution in [0.15, 0.2) is 24.4 Å². The summed E-state index contributed by atoms with van der Waals surface area (Å²) in [7, 11) is 1.47. The number of aromatic nitrogens is 1. The van der Waals surface area contributed by atoms with Crippen LogP contribution in [0.5, 0.6) is 0 Å². The molecule has 1 aromatic carbocycles. The van der Waals surface area contributed by atoms with E-state index >= 15 is 0 Å². The Labute approximate surface area is 132 Å². The van der Waals surface area contributed by atoms with E-state index in [9.17, 15) is 17.3 Å². The maximum atomic E-state index is 13.2. The van der Waals surface area contributed by atoms with Gasteiger partial charge in [0.05, 0.1) is 5.82 Å². The number of rotatable bonds is 1. The molecule has 7 heteroatoms. The van der Waals surface area contributed by atoms with Gasteiger partial charge in [-0.2, -0.15) is 0 Å². The van der Waals surface area contributed by atoms with Crippen LogP contribution in [0.25, 0.3) is 10.9 Å². The van der Waals surface area contributed by atoms with Crippen molar-refractivity contribution in [2.24, 2.45) is 7.05 Å². The predicted molar refractivity (Wildman–Crippen MR) is 51.6 cm³/mol. The molecule has 0 aliphatic heterocycles. The third kappa shape index (κ3) is 2.38. The van der Waals surface area contributed by atoms with Gasteiger partial charge in [-0.3, -0.25) is 0 Å². The van der Waals surface area contributed by atoms with E-state index in [2.05, 4.69) is 0 Å². The van der Waals surface area contributed by atoms with Gasteiger partial charge in [-0.05, 0) is 23.0 Å². The van der Waals surface area contributed by atoms with Gasteiger partial charge in [-0.25, -0.2) is 4.39 Å². The second-order valence-corrected chi connectivity index (χ2v) is 3.40. The van der Waals surface area contributed by atoms with Crippen molar-refractivity contribution in [1.82, 2.24) is 4.57 Å². The number of aryl methyl sites for hydroxylation is 1. The molecule has 0 aliphatic rings. The van der Waals surface area contributed by atoms with Crippen molar-refractivity contribution in [1.29, 1.82) is 0 Å². The summed E-state index contributed by atoms with van der Waals surface area (Å²) >= 11 is 0. The fourth-order valence-corrected chi connectivity index (χ4v) is 1.71. The zero-order chi connectivity index (χ0) is 11.2. The molecule has 1 aromatic heterocycles. The molecule has 1 heterocycles. The predicted octanol–water partition coefficient (Wildman–Crippen LogP) is -0.624. The van der Waals surface area contributed by atoms with Crippen LogP contribution in [0, 0.1) is 5.82 Å². The first-order valence-electron chi connectivity index (χ1n) is 4.34. The normalized spacial score (nSPS) is 11.6. The first kappa shape index (κ1) is 14.2. The molecule has 0 fully saturated rings. The minimum absolute atomic E-state index is 0. The monoisotopic (exact) mass is 255 g/mol. The molecule has 0 saturated carbocycles. The molecule has 2 rings (SSSR count). The fraction of sp³-hybridized carbons (Fsp3) is 0.111. The quantitative estimate of drug-likeness (QED) is 0.472. The van der Waals surface area contributed by atoms with Crippen molar-refractivity contribution in [2.75, 3.05) is 0 Å². The Morgan fingerprint density at radius 3 is 2.31 bits per heavy atom. The van der Waals surface area contributed by atoms with Crippen molar-refractivity contribution in [3.8, 4) is 0 Å². The molecular weight excluding hydrogens is 248 g/mol. The van der Waals surface area contributed by atoms with Gasteiger partial charge in [0.2, 0.25) is 0 Å². The fourth-order valence-electron chi connectivity index (χ4n) is 1.71. The Bertz CT molecular complexity index is 520. The standard InChI is InChI=1S/C9H7BF4N.K/c1-15-5-4-6-2-3-7(11)8(9(6)15)10(12,13)14;/h2-5H,1H3;/q-1;+1. The number of hydrogen-bond acceptors (Lipinski definition) is 0. The summed E-state index contributed by atoms with van der Waals surface area (Å²) in [5.74, 6) is -1.21. The average Bonchev–Trinajstić information content (AvgIpc) is 2.46. The molecule has 0 bridgehead atoms. The molecule has 1 nitrogen and oxygen atoms in total. The summed E-state index contributed by atoms with van der Waals surface area (Å²) in [6.07, 6.45) is 1.48. The second kappa shape index (κ2) is 4.81. The van der Waals surface area contributed by atoms with Crippen LogP contribution in [0.2, 0.25) is 0 Å². The van der Waals surface area contributed by atoms with Crippen LogP contribution in [-0.2, 0) is 7.05 Å². The van der Waals surface area contributed by atoms with Gasteiger partial charge < -0.3 is 17.5 Å². The van der Waals surface area contributed by atoms with Crippen LogP contribution in [0.3, 0.4) is 0 Å². The topological polar surface area (TPSA) is 4.93 Å². The van der Waals surface area contributed by atoms with Crippen molar-refractivity contribution in [2.45, 2.75) is 0 Å². The van der Waals surface area contributed by atoms with Gasteiger partial charge >= 0.3 is 58.4 Å². The third-order valence-corrected chi connectivity index (χ3v) is 2.35. The molecule has 0 radical (unpaired) electrons. The number of halogens is 4.